The van der Waals surface area contributed by atoms with Gasteiger partial charge in [0.1, 0.15) is 0 Å². The van der Waals surface area contributed by atoms with Gasteiger partial charge in [-0.3, -0.25) is 4.79 Å². The standard InChI is InChI=1S/C19H20O/c20-19(12-18-10-13-5-6-16(18)9-13)17-8-7-14-3-1-2-4-15(14)11-17/h1-4,7-8,11,13,16,18H,5-6,9-10,12H2. The van der Waals surface area contributed by atoms with Crippen LogP contribution in [0.5, 0.6) is 0 Å². The first kappa shape index (κ1) is 12.1. The van der Waals surface area contributed by atoms with E-state index in [1.807, 2.05) is 18.2 Å². The fourth-order valence-electron chi connectivity index (χ4n) is 4.35. The van der Waals surface area contributed by atoms with Crippen molar-refractivity contribution in [3.05, 3.63) is 48.0 Å². The molecule has 2 aliphatic carbocycles. The van der Waals surface area contributed by atoms with Crippen molar-refractivity contribution >= 4 is 16.6 Å². The lowest BCUT2D eigenvalue weighted by Crippen LogP contribution is -2.15. The van der Waals surface area contributed by atoms with Crippen molar-refractivity contribution in [2.45, 2.75) is 32.1 Å². The predicted molar refractivity (Wildman–Crippen MR) is 81.8 cm³/mol. The molecule has 20 heavy (non-hydrogen) atoms. The molecule has 2 aliphatic rings. The van der Waals surface area contributed by atoms with E-state index in [-0.39, 0.29) is 0 Å². The Kier molecular flexibility index (Phi) is 2.87. The summed E-state index contributed by atoms with van der Waals surface area (Å²) in [5, 5.41) is 2.38. The summed E-state index contributed by atoms with van der Waals surface area (Å²) in [5.74, 6) is 2.76. The number of ketones is 1. The first-order chi connectivity index (χ1) is 9.79. The van der Waals surface area contributed by atoms with Crippen molar-refractivity contribution in [2.75, 3.05) is 0 Å². The van der Waals surface area contributed by atoms with Crippen LogP contribution < -0.4 is 0 Å². The summed E-state index contributed by atoms with van der Waals surface area (Å²) in [6, 6.07) is 14.4. The van der Waals surface area contributed by atoms with E-state index in [4.69, 9.17) is 0 Å². The van der Waals surface area contributed by atoms with Gasteiger partial charge >= 0.3 is 0 Å². The van der Waals surface area contributed by atoms with Gasteiger partial charge in [0.15, 0.2) is 5.78 Å². The van der Waals surface area contributed by atoms with Crippen LogP contribution in [0.3, 0.4) is 0 Å². The third-order valence-corrected chi connectivity index (χ3v) is 5.40. The Morgan fingerprint density at radius 1 is 1.00 bits per heavy atom. The van der Waals surface area contributed by atoms with Crippen molar-refractivity contribution in [1.82, 2.24) is 0 Å². The Labute approximate surface area is 120 Å². The molecule has 3 unspecified atom stereocenters. The molecule has 0 radical (unpaired) electrons. The minimum absolute atomic E-state index is 0.341. The molecule has 0 amide bonds. The molecule has 3 atom stereocenters. The average molecular weight is 264 g/mol. The monoisotopic (exact) mass is 264 g/mol. The Morgan fingerprint density at radius 3 is 2.60 bits per heavy atom. The third kappa shape index (κ3) is 2.06. The molecule has 0 saturated heterocycles. The van der Waals surface area contributed by atoms with Crippen LogP contribution in [-0.2, 0) is 0 Å². The normalized spacial score (nSPS) is 28.1. The van der Waals surface area contributed by atoms with E-state index in [9.17, 15) is 4.79 Å². The molecule has 0 heterocycles. The molecule has 102 valence electrons. The van der Waals surface area contributed by atoms with Gasteiger partial charge in [0, 0.05) is 12.0 Å². The predicted octanol–water partition coefficient (Wildman–Crippen LogP) is 4.85. The summed E-state index contributed by atoms with van der Waals surface area (Å²) >= 11 is 0. The number of rotatable bonds is 3. The molecule has 2 fully saturated rings. The van der Waals surface area contributed by atoms with Crippen molar-refractivity contribution in [3.8, 4) is 0 Å². The van der Waals surface area contributed by atoms with E-state index < -0.39 is 0 Å². The van der Waals surface area contributed by atoms with Crippen LogP contribution in [0, 0.1) is 17.8 Å². The largest absolute Gasteiger partial charge is 0.294 e. The lowest BCUT2D eigenvalue weighted by molar-refractivity contribution is 0.0944. The Morgan fingerprint density at radius 2 is 1.85 bits per heavy atom. The SMILES string of the molecule is O=C(CC1CC2CCC1C2)c1ccc2ccccc2c1. The first-order valence-electron chi connectivity index (χ1n) is 7.81. The van der Waals surface area contributed by atoms with E-state index >= 15 is 0 Å². The Hall–Kier alpha value is -1.63. The maximum Gasteiger partial charge on any atom is 0.163 e. The van der Waals surface area contributed by atoms with E-state index in [1.54, 1.807) is 0 Å². The average Bonchev–Trinajstić information content (AvgIpc) is 3.09. The molecule has 2 aromatic rings. The molecule has 1 nitrogen and oxygen atoms in total. The second-order valence-electron chi connectivity index (χ2n) is 6.62. The lowest BCUT2D eigenvalue weighted by Gasteiger charge is -2.20. The molecule has 2 aromatic carbocycles. The van der Waals surface area contributed by atoms with Crippen molar-refractivity contribution in [3.63, 3.8) is 0 Å². The maximum absolute atomic E-state index is 12.5. The van der Waals surface area contributed by atoms with Crippen LogP contribution >= 0.6 is 0 Å². The highest BCUT2D eigenvalue weighted by atomic mass is 16.1. The highest BCUT2D eigenvalue weighted by molar-refractivity contribution is 6.00. The molecular weight excluding hydrogens is 244 g/mol. The van der Waals surface area contributed by atoms with E-state index in [1.165, 1.54) is 36.5 Å². The van der Waals surface area contributed by atoms with Crippen LogP contribution in [0.4, 0.5) is 0 Å². The summed E-state index contributed by atoms with van der Waals surface area (Å²) in [7, 11) is 0. The summed E-state index contributed by atoms with van der Waals surface area (Å²) < 4.78 is 0. The maximum atomic E-state index is 12.5. The third-order valence-electron chi connectivity index (χ3n) is 5.40. The van der Waals surface area contributed by atoms with Gasteiger partial charge in [-0.1, -0.05) is 42.8 Å². The molecule has 4 rings (SSSR count). The molecule has 0 N–H and O–H groups in total. The molecule has 1 heteroatoms. The van der Waals surface area contributed by atoms with Crippen LogP contribution in [0.15, 0.2) is 42.5 Å². The zero-order valence-electron chi connectivity index (χ0n) is 11.7. The van der Waals surface area contributed by atoms with E-state index in [2.05, 4.69) is 24.3 Å². The van der Waals surface area contributed by atoms with Gasteiger partial charge in [-0.2, -0.15) is 0 Å². The number of hydrogen-bond donors (Lipinski definition) is 0. The van der Waals surface area contributed by atoms with E-state index in [0.29, 0.717) is 11.7 Å². The van der Waals surface area contributed by atoms with Gasteiger partial charge in [-0.05, 0) is 53.9 Å². The van der Waals surface area contributed by atoms with Crippen LogP contribution in [0.25, 0.3) is 10.8 Å². The van der Waals surface area contributed by atoms with Gasteiger partial charge in [-0.15, -0.1) is 0 Å². The van der Waals surface area contributed by atoms with Crippen LogP contribution in [-0.4, -0.2) is 5.78 Å². The summed E-state index contributed by atoms with van der Waals surface area (Å²) in [6.07, 6.45) is 6.21. The number of fused-ring (bicyclic) bond motifs is 3. The highest BCUT2D eigenvalue weighted by Crippen LogP contribution is 2.49. The van der Waals surface area contributed by atoms with E-state index in [0.717, 1.165) is 23.8 Å². The first-order valence-corrected chi connectivity index (χ1v) is 7.81. The molecule has 0 aromatic heterocycles. The van der Waals surface area contributed by atoms with Crippen molar-refractivity contribution < 1.29 is 4.79 Å². The number of carbonyl (C=O) groups excluding carboxylic acids is 1. The quantitative estimate of drug-likeness (QED) is 0.724. The number of Topliss-reactive ketones (excluding diaryl/α,β-unsaturated/α-hetero) is 1. The van der Waals surface area contributed by atoms with Gasteiger partial charge in [-0.25, -0.2) is 0 Å². The van der Waals surface area contributed by atoms with Gasteiger partial charge < -0.3 is 0 Å². The molecule has 0 spiro atoms. The smallest absolute Gasteiger partial charge is 0.163 e. The zero-order chi connectivity index (χ0) is 13.5. The van der Waals surface area contributed by atoms with Crippen LogP contribution in [0.1, 0.15) is 42.5 Å². The minimum Gasteiger partial charge on any atom is -0.294 e. The fraction of sp³-hybridized carbons (Fsp3) is 0.421. The summed E-state index contributed by atoms with van der Waals surface area (Å²) in [4.78, 5) is 12.5. The number of benzene rings is 2. The molecule has 0 aliphatic heterocycles. The minimum atomic E-state index is 0.341. The second kappa shape index (κ2) is 4.73. The Bertz CT molecular complexity index is 658. The van der Waals surface area contributed by atoms with Gasteiger partial charge in [0.05, 0.1) is 0 Å². The summed E-state index contributed by atoms with van der Waals surface area (Å²) in [5.41, 5.74) is 0.895. The Balaban J connectivity index is 1.54. The topological polar surface area (TPSA) is 17.1 Å². The highest BCUT2D eigenvalue weighted by Gasteiger charge is 2.40. The van der Waals surface area contributed by atoms with Gasteiger partial charge in [0.2, 0.25) is 0 Å². The molecule has 2 bridgehead atoms. The fourth-order valence-corrected chi connectivity index (χ4v) is 4.35. The van der Waals surface area contributed by atoms with Crippen molar-refractivity contribution in [1.29, 1.82) is 0 Å². The lowest BCUT2D eigenvalue weighted by atomic mass is 9.84. The molecular formula is C19H20O. The van der Waals surface area contributed by atoms with Crippen molar-refractivity contribution in [2.24, 2.45) is 17.8 Å². The number of carbonyl (C=O) groups is 1. The number of hydrogen-bond acceptors (Lipinski definition) is 1. The van der Waals surface area contributed by atoms with Gasteiger partial charge in [0.25, 0.3) is 0 Å². The molecule has 2 saturated carbocycles. The zero-order valence-corrected chi connectivity index (χ0v) is 11.7. The second-order valence-corrected chi connectivity index (χ2v) is 6.62. The van der Waals surface area contributed by atoms with Crippen LogP contribution in [0.2, 0.25) is 0 Å². The summed E-state index contributed by atoms with van der Waals surface area (Å²) in [6.45, 7) is 0.